The summed E-state index contributed by atoms with van der Waals surface area (Å²) in [5.74, 6) is -0.768. The standard InChI is InChI=1S/C20H16F2N2O4S2/c21-19(22)28-14-6-3-13(4-7-14)5-8-17(25)23-9-10-24-18(26)16(30-20(24)27)12-15-2-1-11-29-15/h1-8,11-12,19H,9-10H2,(H,23,25)/b8-5+,16-12+. The van der Waals surface area contributed by atoms with Crippen molar-refractivity contribution in [3.63, 3.8) is 0 Å². The highest BCUT2D eigenvalue weighted by atomic mass is 32.2. The SMILES string of the molecule is O=C(/C=C/c1ccc(OC(F)F)cc1)NCCN1C(=O)S/C(=C/c2cccs2)C1=O. The number of hydrogen-bond donors (Lipinski definition) is 1. The Labute approximate surface area is 179 Å². The van der Waals surface area contributed by atoms with Crippen LogP contribution in [-0.4, -0.2) is 41.7 Å². The number of nitrogens with zero attached hydrogens (tertiary/aromatic N) is 1. The molecular formula is C20H16F2N2O4S2. The summed E-state index contributed by atoms with van der Waals surface area (Å²) >= 11 is 2.34. The maximum atomic E-state index is 12.4. The molecule has 10 heteroatoms. The molecule has 0 aliphatic carbocycles. The van der Waals surface area contributed by atoms with Gasteiger partial charge in [0.25, 0.3) is 11.1 Å². The van der Waals surface area contributed by atoms with Crippen LogP contribution in [0.1, 0.15) is 10.4 Å². The third-order valence-electron chi connectivity index (χ3n) is 3.86. The molecule has 1 N–H and O–H groups in total. The Bertz CT molecular complexity index is 973. The number of nitrogens with one attached hydrogen (secondary N) is 1. The van der Waals surface area contributed by atoms with Gasteiger partial charge in [-0.3, -0.25) is 19.3 Å². The highest BCUT2D eigenvalue weighted by Crippen LogP contribution is 2.32. The first-order chi connectivity index (χ1) is 14.4. The lowest BCUT2D eigenvalue weighted by atomic mass is 10.2. The topological polar surface area (TPSA) is 75.7 Å². The number of amides is 3. The average Bonchev–Trinajstić information content (AvgIpc) is 3.31. The van der Waals surface area contributed by atoms with Crippen molar-refractivity contribution < 1.29 is 27.9 Å². The molecule has 0 radical (unpaired) electrons. The number of benzene rings is 1. The fourth-order valence-electron chi connectivity index (χ4n) is 2.48. The number of halogens is 2. The summed E-state index contributed by atoms with van der Waals surface area (Å²) in [6.45, 7) is -2.73. The summed E-state index contributed by atoms with van der Waals surface area (Å²) in [4.78, 5) is 38.7. The van der Waals surface area contributed by atoms with Gasteiger partial charge in [-0.15, -0.1) is 11.3 Å². The fraction of sp³-hybridized carbons (Fsp3) is 0.150. The Morgan fingerprint density at radius 3 is 2.63 bits per heavy atom. The maximum absolute atomic E-state index is 12.4. The maximum Gasteiger partial charge on any atom is 0.387 e. The average molecular weight is 450 g/mol. The molecule has 1 aromatic carbocycles. The first-order valence-corrected chi connectivity index (χ1v) is 10.4. The van der Waals surface area contributed by atoms with E-state index in [4.69, 9.17) is 0 Å². The Morgan fingerprint density at radius 1 is 1.20 bits per heavy atom. The van der Waals surface area contributed by atoms with E-state index >= 15 is 0 Å². The van der Waals surface area contributed by atoms with E-state index in [0.717, 1.165) is 21.5 Å². The summed E-state index contributed by atoms with van der Waals surface area (Å²) in [5.41, 5.74) is 0.622. The number of rotatable bonds is 8. The normalized spacial score (nSPS) is 15.6. The number of alkyl halides is 2. The molecule has 1 fully saturated rings. The van der Waals surface area contributed by atoms with Crippen molar-refractivity contribution in [1.29, 1.82) is 0 Å². The fourth-order valence-corrected chi connectivity index (χ4v) is 4.07. The first-order valence-electron chi connectivity index (χ1n) is 8.72. The molecular weight excluding hydrogens is 434 g/mol. The largest absolute Gasteiger partial charge is 0.435 e. The molecule has 0 bridgehead atoms. The van der Waals surface area contributed by atoms with Crippen molar-refractivity contribution in [2.24, 2.45) is 0 Å². The quantitative estimate of drug-likeness (QED) is 0.610. The molecule has 0 atom stereocenters. The third kappa shape index (κ3) is 6.01. The van der Waals surface area contributed by atoms with Gasteiger partial charge in [-0.2, -0.15) is 8.78 Å². The van der Waals surface area contributed by atoms with E-state index in [2.05, 4.69) is 10.1 Å². The Kier molecular flexibility index (Phi) is 7.36. The molecule has 3 rings (SSSR count). The minimum absolute atomic E-state index is 0.0249. The van der Waals surface area contributed by atoms with Gasteiger partial charge >= 0.3 is 6.61 Å². The molecule has 2 heterocycles. The summed E-state index contributed by atoms with van der Waals surface area (Å²) in [6.07, 6.45) is 4.45. The molecule has 6 nitrogen and oxygen atoms in total. The van der Waals surface area contributed by atoms with Crippen LogP contribution in [0.5, 0.6) is 5.75 Å². The second kappa shape index (κ2) is 10.2. The number of ether oxygens (including phenoxy) is 1. The zero-order valence-electron chi connectivity index (χ0n) is 15.4. The van der Waals surface area contributed by atoms with Crippen molar-refractivity contribution in [3.8, 4) is 5.75 Å². The lowest BCUT2D eigenvalue weighted by Crippen LogP contribution is -2.36. The zero-order valence-corrected chi connectivity index (χ0v) is 17.1. The molecule has 0 spiro atoms. The molecule has 0 saturated carbocycles. The van der Waals surface area contributed by atoms with Gasteiger partial charge in [0.05, 0.1) is 4.91 Å². The van der Waals surface area contributed by atoms with Crippen molar-refractivity contribution in [2.75, 3.05) is 13.1 Å². The Morgan fingerprint density at radius 2 is 1.97 bits per heavy atom. The van der Waals surface area contributed by atoms with Crippen molar-refractivity contribution in [2.45, 2.75) is 6.61 Å². The van der Waals surface area contributed by atoms with Gasteiger partial charge in [0, 0.05) is 24.0 Å². The van der Waals surface area contributed by atoms with Crippen molar-refractivity contribution >= 4 is 52.3 Å². The van der Waals surface area contributed by atoms with Gasteiger partial charge in [-0.25, -0.2) is 0 Å². The molecule has 2 aromatic rings. The van der Waals surface area contributed by atoms with Crippen LogP contribution < -0.4 is 10.1 Å². The summed E-state index contributed by atoms with van der Waals surface area (Å²) < 4.78 is 28.5. The third-order valence-corrected chi connectivity index (χ3v) is 5.58. The number of carbonyl (C=O) groups is 3. The smallest absolute Gasteiger partial charge is 0.387 e. The Hall–Kier alpha value is -2.98. The minimum atomic E-state index is -2.90. The molecule has 0 unspecified atom stereocenters. The van der Waals surface area contributed by atoms with Gasteiger partial charge in [0.15, 0.2) is 0 Å². The molecule has 1 aliphatic rings. The minimum Gasteiger partial charge on any atom is -0.435 e. The van der Waals surface area contributed by atoms with Crippen molar-refractivity contribution in [3.05, 3.63) is 63.2 Å². The predicted octanol–water partition coefficient (Wildman–Crippen LogP) is 4.22. The predicted molar refractivity (Wildman–Crippen MR) is 112 cm³/mol. The van der Waals surface area contributed by atoms with Crippen LogP contribution >= 0.6 is 23.1 Å². The first kappa shape index (κ1) is 21.7. The van der Waals surface area contributed by atoms with Gasteiger partial charge < -0.3 is 10.1 Å². The molecule has 30 heavy (non-hydrogen) atoms. The van der Waals surface area contributed by atoms with Crippen molar-refractivity contribution in [1.82, 2.24) is 10.2 Å². The number of imide groups is 1. The van der Waals surface area contributed by atoms with E-state index in [1.54, 1.807) is 6.08 Å². The molecule has 3 amide bonds. The number of carbonyl (C=O) groups excluding carboxylic acids is 3. The highest BCUT2D eigenvalue weighted by molar-refractivity contribution is 8.18. The van der Waals surface area contributed by atoms with E-state index in [-0.39, 0.29) is 30.0 Å². The lowest BCUT2D eigenvalue weighted by Gasteiger charge is -2.12. The van der Waals surface area contributed by atoms with Crippen LogP contribution in [0.15, 0.2) is 52.8 Å². The highest BCUT2D eigenvalue weighted by Gasteiger charge is 2.34. The van der Waals surface area contributed by atoms with Crippen LogP contribution in [0.25, 0.3) is 12.2 Å². The Balaban J connectivity index is 1.46. The number of thiophene rings is 1. The summed E-state index contributed by atoms with van der Waals surface area (Å²) in [6, 6.07) is 9.50. The number of hydrogen-bond acceptors (Lipinski definition) is 6. The van der Waals surface area contributed by atoms with Crippen LogP contribution in [0.4, 0.5) is 13.6 Å². The van der Waals surface area contributed by atoms with Gasteiger partial charge in [-0.1, -0.05) is 18.2 Å². The van der Waals surface area contributed by atoms with Crippen LogP contribution in [0.2, 0.25) is 0 Å². The summed E-state index contributed by atoms with van der Waals surface area (Å²) in [7, 11) is 0. The van der Waals surface area contributed by atoms with E-state index in [0.29, 0.717) is 10.5 Å². The van der Waals surface area contributed by atoms with Gasteiger partial charge in [-0.05, 0) is 53.1 Å². The van der Waals surface area contributed by atoms with E-state index in [9.17, 15) is 23.2 Å². The molecule has 1 aliphatic heterocycles. The second-order valence-electron chi connectivity index (χ2n) is 5.92. The van der Waals surface area contributed by atoms with Gasteiger partial charge in [0.2, 0.25) is 5.91 Å². The second-order valence-corrected chi connectivity index (χ2v) is 7.89. The lowest BCUT2D eigenvalue weighted by molar-refractivity contribution is -0.123. The van der Waals surface area contributed by atoms with E-state index < -0.39 is 12.5 Å². The van der Waals surface area contributed by atoms with E-state index in [1.165, 1.54) is 47.8 Å². The molecule has 1 saturated heterocycles. The van der Waals surface area contributed by atoms with E-state index in [1.807, 2.05) is 17.5 Å². The van der Waals surface area contributed by atoms with Crippen LogP contribution in [-0.2, 0) is 9.59 Å². The number of thioether (sulfide) groups is 1. The molecule has 156 valence electrons. The van der Waals surface area contributed by atoms with Gasteiger partial charge in [0.1, 0.15) is 5.75 Å². The monoisotopic (exact) mass is 450 g/mol. The van der Waals surface area contributed by atoms with Crippen LogP contribution in [0, 0.1) is 0 Å². The summed E-state index contributed by atoms with van der Waals surface area (Å²) in [5, 5.41) is 4.10. The van der Waals surface area contributed by atoms with Crippen LogP contribution in [0.3, 0.4) is 0 Å². The zero-order chi connectivity index (χ0) is 21.5. The molecule has 1 aromatic heterocycles.